The smallest absolute Gasteiger partial charge is 0.0132 e. The lowest BCUT2D eigenvalue weighted by atomic mass is 10.1. The highest BCUT2D eigenvalue weighted by Gasteiger charge is 2.05. The summed E-state index contributed by atoms with van der Waals surface area (Å²) in [4.78, 5) is 0. The molecular formula is C7H15I. The Morgan fingerprint density at radius 1 is 1.38 bits per heavy atom. The van der Waals surface area contributed by atoms with Crippen molar-refractivity contribution in [1.29, 1.82) is 0 Å². The van der Waals surface area contributed by atoms with Crippen molar-refractivity contribution in [2.75, 3.05) is 0 Å². The second-order valence-electron chi connectivity index (χ2n) is 2.55. The maximum Gasteiger partial charge on any atom is 0.0132 e. The molecule has 0 aliphatic rings. The first-order valence-electron chi connectivity index (χ1n) is 3.32. The molecule has 1 atom stereocenters. The van der Waals surface area contributed by atoms with Gasteiger partial charge >= 0.3 is 0 Å². The summed E-state index contributed by atoms with van der Waals surface area (Å²) in [6.07, 6.45) is 2.70. The molecule has 0 aromatic carbocycles. The van der Waals surface area contributed by atoms with Crippen molar-refractivity contribution in [3.8, 4) is 0 Å². The Kier molecular flexibility index (Phi) is 5.01. The molecule has 0 amide bonds. The number of halogens is 1. The van der Waals surface area contributed by atoms with Crippen LogP contribution >= 0.6 is 22.6 Å². The van der Waals surface area contributed by atoms with E-state index in [4.69, 9.17) is 0 Å². The van der Waals surface area contributed by atoms with Crippen LogP contribution in [0, 0.1) is 5.92 Å². The molecule has 8 heavy (non-hydrogen) atoms. The van der Waals surface area contributed by atoms with E-state index in [2.05, 4.69) is 43.4 Å². The highest BCUT2D eigenvalue weighted by Crippen LogP contribution is 2.17. The molecule has 0 nitrogen and oxygen atoms in total. The predicted molar refractivity (Wildman–Crippen MR) is 47.6 cm³/mol. The van der Waals surface area contributed by atoms with Crippen LogP contribution in [0.1, 0.15) is 33.6 Å². The van der Waals surface area contributed by atoms with Crippen molar-refractivity contribution in [2.24, 2.45) is 5.92 Å². The van der Waals surface area contributed by atoms with E-state index < -0.39 is 0 Å². The van der Waals surface area contributed by atoms with Crippen molar-refractivity contribution in [1.82, 2.24) is 0 Å². The van der Waals surface area contributed by atoms with E-state index in [1.54, 1.807) is 0 Å². The summed E-state index contributed by atoms with van der Waals surface area (Å²) in [5.41, 5.74) is 0. The minimum absolute atomic E-state index is 0.857. The monoisotopic (exact) mass is 226 g/mol. The van der Waals surface area contributed by atoms with Gasteiger partial charge in [0.15, 0.2) is 0 Å². The first-order chi connectivity index (χ1) is 3.68. The van der Waals surface area contributed by atoms with Crippen LogP contribution in [-0.4, -0.2) is 3.92 Å². The zero-order valence-corrected chi connectivity index (χ0v) is 8.10. The number of alkyl halides is 1. The Labute approximate surface area is 66.2 Å². The van der Waals surface area contributed by atoms with Gasteiger partial charge in [-0.15, -0.1) is 0 Å². The van der Waals surface area contributed by atoms with Gasteiger partial charge in [0.25, 0.3) is 0 Å². The fourth-order valence-corrected chi connectivity index (χ4v) is 1.23. The van der Waals surface area contributed by atoms with Gasteiger partial charge in [-0.05, 0) is 12.3 Å². The summed E-state index contributed by atoms with van der Waals surface area (Å²) in [5.74, 6) is 0.857. The average Bonchev–Trinajstić information content (AvgIpc) is 1.67. The molecule has 0 fully saturated rings. The molecule has 0 spiro atoms. The van der Waals surface area contributed by atoms with Crippen molar-refractivity contribution < 1.29 is 0 Å². The predicted octanol–water partition coefficient (Wildman–Crippen LogP) is 3.25. The van der Waals surface area contributed by atoms with Gasteiger partial charge in [-0.25, -0.2) is 0 Å². The molecule has 0 aliphatic heterocycles. The zero-order chi connectivity index (χ0) is 6.57. The minimum Gasteiger partial charge on any atom is -0.0823 e. The van der Waals surface area contributed by atoms with Crippen LogP contribution in [0.25, 0.3) is 0 Å². The van der Waals surface area contributed by atoms with Crippen LogP contribution in [-0.2, 0) is 0 Å². The molecule has 0 heterocycles. The molecule has 0 saturated carbocycles. The Morgan fingerprint density at radius 3 is 2.00 bits per heavy atom. The number of hydrogen-bond acceptors (Lipinski definition) is 0. The van der Waals surface area contributed by atoms with E-state index in [0.29, 0.717) is 0 Å². The van der Waals surface area contributed by atoms with Gasteiger partial charge in [0.1, 0.15) is 0 Å². The first kappa shape index (κ1) is 8.73. The topological polar surface area (TPSA) is 0 Å². The third-order valence-electron chi connectivity index (χ3n) is 1.29. The molecule has 0 aromatic heterocycles. The molecule has 1 unspecified atom stereocenters. The van der Waals surface area contributed by atoms with Gasteiger partial charge in [0, 0.05) is 3.92 Å². The van der Waals surface area contributed by atoms with Crippen molar-refractivity contribution in [3.05, 3.63) is 0 Å². The van der Waals surface area contributed by atoms with E-state index in [1.165, 1.54) is 12.8 Å². The molecule has 0 bridgehead atoms. The van der Waals surface area contributed by atoms with Crippen LogP contribution < -0.4 is 0 Å². The first-order valence-corrected chi connectivity index (χ1v) is 4.57. The van der Waals surface area contributed by atoms with Crippen LogP contribution in [0.2, 0.25) is 0 Å². The van der Waals surface area contributed by atoms with Crippen LogP contribution in [0.4, 0.5) is 0 Å². The van der Waals surface area contributed by atoms with Crippen LogP contribution in [0.3, 0.4) is 0 Å². The van der Waals surface area contributed by atoms with Gasteiger partial charge in [-0.1, -0.05) is 49.8 Å². The summed E-state index contributed by atoms with van der Waals surface area (Å²) in [6.45, 7) is 6.81. The zero-order valence-electron chi connectivity index (χ0n) is 5.95. The van der Waals surface area contributed by atoms with E-state index in [0.717, 1.165) is 9.84 Å². The van der Waals surface area contributed by atoms with E-state index in [-0.39, 0.29) is 0 Å². The SMILES string of the molecule is CCCC(I)C(C)C. The lowest BCUT2D eigenvalue weighted by Crippen LogP contribution is -2.05. The van der Waals surface area contributed by atoms with Gasteiger partial charge in [-0.2, -0.15) is 0 Å². The maximum absolute atomic E-state index is 2.53. The summed E-state index contributed by atoms with van der Waals surface area (Å²) < 4.78 is 0.887. The van der Waals surface area contributed by atoms with Gasteiger partial charge in [-0.3, -0.25) is 0 Å². The van der Waals surface area contributed by atoms with E-state index in [9.17, 15) is 0 Å². The number of hydrogen-bond donors (Lipinski definition) is 0. The molecule has 50 valence electrons. The molecule has 0 radical (unpaired) electrons. The summed E-state index contributed by atoms with van der Waals surface area (Å²) in [7, 11) is 0. The summed E-state index contributed by atoms with van der Waals surface area (Å²) >= 11 is 2.53. The van der Waals surface area contributed by atoms with Crippen LogP contribution in [0.15, 0.2) is 0 Å². The Bertz CT molecular complexity index is 50.3. The molecule has 0 rings (SSSR count). The summed E-state index contributed by atoms with van der Waals surface area (Å²) in [6, 6.07) is 0. The molecular weight excluding hydrogens is 211 g/mol. The Hall–Kier alpha value is 0.730. The fraction of sp³-hybridized carbons (Fsp3) is 1.00. The van der Waals surface area contributed by atoms with Gasteiger partial charge < -0.3 is 0 Å². The summed E-state index contributed by atoms with van der Waals surface area (Å²) in [5, 5.41) is 0. The van der Waals surface area contributed by atoms with Crippen molar-refractivity contribution in [3.63, 3.8) is 0 Å². The normalized spacial score (nSPS) is 14.6. The third-order valence-corrected chi connectivity index (χ3v) is 3.35. The molecule has 0 N–H and O–H groups in total. The average molecular weight is 226 g/mol. The molecule has 0 saturated heterocycles. The second-order valence-corrected chi connectivity index (χ2v) is 4.15. The number of rotatable bonds is 3. The van der Waals surface area contributed by atoms with Crippen molar-refractivity contribution in [2.45, 2.75) is 37.5 Å². The van der Waals surface area contributed by atoms with Crippen molar-refractivity contribution >= 4 is 22.6 Å². The lowest BCUT2D eigenvalue weighted by molar-refractivity contribution is 0.586. The Morgan fingerprint density at radius 2 is 1.88 bits per heavy atom. The third kappa shape index (κ3) is 3.70. The Balaban J connectivity index is 3.17. The molecule has 1 heteroatoms. The minimum atomic E-state index is 0.857. The second kappa shape index (κ2) is 4.59. The fourth-order valence-electron chi connectivity index (χ4n) is 0.609. The largest absolute Gasteiger partial charge is 0.0823 e. The van der Waals surface area contributed by atoms with Gasteiger partial charge in [0.2, 0.25) is 0 Å². The quantitative estimate of drug-likeness (QED) is 0.511. The highest BCUT2D eigenvalue weighted by molar-refractivity contribution is 14.1. The maximum atomic E-state index is 2.53. The highest BCUT2D eigenvalue weighted by atomic mass is 127. The van der Waals surface area contributed by atoms with Crippen LogP contribution in [0.5, 0.6) is 0 Å². The van der Waals surface area contributed by atoms with E-state index >= 15 is 0 Å². The van der Waals surface area contributed by atoms with Gasteiger partial charge in [0.05, 0.1) is 0 Å². The molecule has 0 aromatic rings. The standard InChI is InChI=1S/C7H15I/c1-4-5-7(8)6(2)3/h6-7H,4-5H2,1-3H3. The van der Waals surface area contributed by atoms with E-state index in [1.807, 2.05) is 0 Å². The molecule has 0 aliphatic carbocycles. The lowest BCUT2D eigenvalue weighted by Gasteiger charge is -2.10.